The normalized spacial score (nSPS) is 10.9. The molecule has 0 saturated heterocycles. The molecular weight excluding hydrogens is 285 g/mol. The van der Waals surface area contributed by atoms with Crippen molar-refractivity contribution in [3.8, 4) is 0 Å². The molecule has 2 heterocycles. The molecule has 96 valence electrons. The van der Waals surface area contributed by atoms with E-state index < -0.39 is 5.82 Å². The number of pyridine rings is 1. The first kappa shape index (κ1) is 12.3. The quantitative estimate of drug-likeness (QED) is 0.754. The van der Waals surface area contributed by atoms with E-state index in [1.807, 2.05) is 25.1 Å². The fourth-order valence-electron chi connectivity index (χ4n) is 1.69. The van der Waals surface area contributed by atoms with Crippen molar-refractivity contribution in [3.05, 3.63) is 46.9 Å². The summed E-state index contributed by atoms with van der Waals surface area (Å²) < 4.78 is 14.7. The molecule has 0 saturated carbocycles. The van der Waals surface area contributed by atoms with E-state index in [9.17, 15) is 4.39 Å². The van der Waals surface area contributed by atoms with E-state index >= 15 is 0 Å². The summed E-state index contributed by atoms with van der Waals surface area (Å²) in [6, 6.07) is 7.20. The highest BCUT2D eigenvalue weighted by molar-refractivity contribution is 7.22. The average Bonchev–Trinajstić information content (AvgIpc) is 2.74. The highest BCUT2D eigenvalue weighted by Crippen LogP contribution is 2.29. The first-order valence-electron chi connectivity index (χ1n) is 5.57. The van der Waals surface area contributed by atoms with Gasteiger partial charge in [0.05, 0.1) is 15.2 Å². The number of benzene rings is 1. The van der Waals surface area contributed by atoms with Crippen LogP contribution in [0.25, 0.3) is 10.2 Å². The fraction of sp³-hybridized carbons (Fsp3) is 0.0769. The standard InChI is InChI=1S/C13H9ClFN3S/c1-7-2-3-10-11(4-7)19-13(17-10)18-12-9(15)5-8(14)6-16-12/h2-6H,1H3,(H,16,17,18). The van der Waals surface area contributed by atoms with E-state index in [-0.39, 0.29) is 10.8 Å². The van der Waals surface area contributed by atoms with Gasteiger partial charge >= 0.3 is 0 Å². The Morgan fingerprint density at radius 1 is 1.32 bits per heavy atom. The zero-order chi connectivity index (χ0) is 13.4. The maximum absolute atomic E-state index is 13.6. The molecule has 3 nitrogen and oxygen atoms in total. The second-order valence-electron chi connectivity index (χ2n) is 4.10. The molecule has 0 aliphatic rings. The zero-order valence-electron chi connectivity index (χ0n) is 9.95. The summed E-state index contributed by atoms with van der Waals surface area (Å²) >= 11 is 7.12. The van der Waals surface area contributed by atoms with Crippen molar-refractivity contribution in [2.45, 2.75) is 6.92 Å². The monoisotopic (exact) mass is 293 g/mol. The number of aromatic nitrogens is 2. The van der Waals surface area contributed by atoms with Crippen molar-refractivity contribution >= 4 is 44.1 Å². The zero-order valence-corrected chi connectivity index (χ0v) is 11.5. The van der Waals surface area contributed by atoms with Crippen LogP contribution in [0.4, 0.5) is 15.3 Å². The summed E-state index contributed by atoms with van der Waals surface area (Å²) in [7, 11) is 0. The van der Waals surface area contributed by atoms with Gasteiger partial charge in [-0.15, -0.1) is 0 Å². The summed E-state index contributed by atoms with van der Waals surface area (Å²) in [5.41, 5.74) is 2.05. The molecule has 0 aliphatic carbocycles. The summed E-state index contributed by atoms with van der Waals surface area (Å²) in [5, 5.41) is 3.74. The lowest BCUT2D eigenvalue weighted by Gasteiger charge is -2.02. The number of hydrogen-bond acceptors (Lipinski definition) is 4. The number of aryl methyl sites for hydroxylation is 1. The minimum absolute atomic E-state index is 0.125. The molecule has 6 heteroatoms. The molecule has 3 aromatic rings. The molecule has 0 fully saturated rings. The van der Waals surface area contributed by atoms with Gasteiger partial charge in [0.1, 0.15) is 0 Å². The highest BCUT2D eigenvalue weighted by atomic mass is 35.5. The second kappa shape index (κ2) is 4.75. The number of nitrogens with zero attached hydrogens (tertiary/aromatic N) is 2. The highest BCUT2D eigenvalue weighted by Gasteiger charge is 2.08. The third kappa shape index (κ3) is 2.52. The first-order valence-corrected chi connectivity index (χ1v) is 6.76. The minimum atomic E-state index is -0.497. The van der Waals surface area contributed by atoms with E-state index in [4.69, 9.17) is 11.6 Å². The van der Waals surface area contributed by atoms with Gasteiger partial charge in [0.15, 0.2) is 16.8 Å². The van der Waals surface area contributed by atoms with Crippen LogP contribution >= 0.6 is 22.9 Å². The molecule has 0 bridgehead atoms. The van der Waals surface area contributed by atoms with Gasteiger partial charge in [-0.2, -0.15) is 0 Å². The molecule has 2 aromatic heterocycles. The van der Waals surface area contributed by atoms with Gasteiger partial charge in [-0.25, -0.2) is 14.4 Å². The molecule has 19 heavy (non-hydrogen) atoms. The van der Waals surface area contributed by atoms with E-state index in [1.54, 1.807) is 0 Å². The van der Waals surface area contributed by atoms with Crippen molar-refractivity contribution in [2.24, 2.45) is 0 Å². The topological polar surface area (TPSA) is 37.8 Å². The number of anilines is 2. The Bertz CT molecular complexity index is 757. The SMILES string of the molecule is Cc1ccc2nc(Nc3ncc(Cl)cc3F)sc2c1. The molecule has 0 amide bonds. The van der Waals surface area contributed by atoms with E-state index in [1.165, 1.54) is 29.2 Å². The van der Waals surface area contributed by atoms with Crippen LogP contribution in [0.2, 0.25) is 5.02 Å². The molecule has 0 spiro atoms. The Morgan fingerprint density at radius 2 is 2.16 bits per heavy atom. The van der Waals surface area contributed by atoms with Crippen LogP contribution in [0.1, 0.15) is 5.56 Å². The number of halogens is 2. The molecule has 3 rings (SSSR count). The van der Waals surface area contributed by atoms with Crippen LogP contribution in [0, 0.1) is 12.7 Å². The minimum Gasteiger partial charge on any atom is -0.314 e. The Morgan fingerprint density at radius 3 is 2.95 bits per heavy atom. The predicted octanol–water partition coefficient (Wildman–Crippen LogP) is 4.54. The van der Waals surface area contributed by atoms with Gasteiger partial charge in [0, 0.05) is 6.20 Å². The Kier molecular flexibility index (Phi) is 3.08. The van der Waals surface area contributed by atoms with E-state index in [2.05, 4.69) is 15.3 Å². The van der Waals surface area contributed by atoms with Gasteiger partial charge in [-0.3, -0.25) is 0 Å². The van der Waals surface area contributed by atoms with Gasteiger partial charge in [0.25, 0.3) is 0 Å². The summed E-state index contributed by atoms with van der Waals surface area (Å²) in [5.74, 6) is -0.372. The largest absolute Gasteiger partial charge is 0.314 e. The van der Waals surface area contributed by atoms with Crippen LogP contribution in [0.15, 0.2) is 30.5 Å². The molecule has 1 aromatic carbocycles. The maximum Gasteiger partial charge on any atom is 0.189 e. The van der Waals surface area contributed by atoms with Crippen LogP contribution < -0.4 is 5.32 Å². The van der Waals surface area contributed by atoms with E-state index in [0.29, 0.717) is 5.13 Å². The third-order valence-electron chi connectivity index (χ3n) is 2.58. The first-order chi connectivity index (χ1) is 9.11. The summed E-state index contributed by atoms with van der Waals surface area (Å²) in [6.45, 7) is 2.02. The van der Waals surface area contributed by atoms with Gasteiger partial charge in [-0.05, 0) is 30.7 Å². The molecule has 0 aliphatic heterocycles. The lowest BCUT2D eigenvalue weighted by Crippen LogP contribution is -1.96. The van der Waals surface area contributed by atoms with Gasteiger partial charge in [-0.1, -0.05) is 29.0 Å². The molecule has 1 N–H and O–H groups in total. The number of fused-ring (bicyclic) bond motifs is 1. The number of thiazole rings is 1. The van der Waals surface area contributed by atoms with Crippen molar-refractivity contribution in [1.82, 2.24) is 9.97 Å². The second-order valence-corrected chi connectivity index (χ2v) is 5.57. The van der Waals surface area contributed by atoms with E-state index in [0.717, 1.165) is 10.2 Å². The maximum atomic E-state index is 13.6. The molecule has 0 atom stereocenters. The van der Waals surface area contributed by atoms with Gasteiger partial charge < -0.3 is 5.32 Å². The number of rotatable bonds is 2. The average molecular weight is 294 g/mol. The number of nitrogens with one attached hydrogen (secondary N) is 1. The Balaban J connectivity index is 1.96. The van der Waals surface area contributed by atoms with Crippen molar-refractivity contribution in [3.63, 3.8) is 0 Å². The predicted molar refractivity (Wildman–Crippen MR) is 76.8 cm³/mol. The van der Waals surface area contributed by atoms with Crippen molar-refractivity contribution in [2.75, 3.05) is 5.32 Å². The van der Waals surface area contributed by atoms with Crippen LogP contribution in [0.5, 0.6) is 0 Å². The third-order valence-corrected chi connectivity index (χ3v) is 3.72. The summed E-state index contributed by atoms with van der Waals surface area (Å²) in [6.07, 6.45) is 1.39. The fourth-order valence-corrected chi connectivity index (χ4v) is 2.80. The molecule has 0 radical (unpaired) electrons. The summed E-state index contributed by atoms with van der Waals surface area (Å²) in [4.78, 5) is 8.29. The number of hydrogen-bond donors (Lipinski definition) is 1. The smallest absolute Gasteiger partial charge is 0.189 e. The van der Waals surface area contributed by atoms with Crippen LogP contribution in [0.3, 0.4) is 0 Å². The molecule has 0 unspecified atom stereocenters. The van der Waals surface area contributed by atoms with Gasteiger partial charge in [0.2, 0.25) is 0 Å². The Labute approximate surface area is 118 Å². The molecular formula is C13H9ClFN3S. The van der Waals surface area contributed by atoms with Crippen molar-refractivity contribution < 1.29 is 4.39 Å². The van der Waals surface area contributed by atoms with Crippen LogP contribution in [-0.4, -0.2) is 9.97 Å². The lowest BCUT2D eigenvalue weighted by atomic mass is 10.2. The Hall–Kier alpha value is -1.72. The van der Waals surface area contributed by atoms with Crippen LogP contribution in [-0.2, 0) is 0 Å². The lowest BCUT2D eigenvalue weighted by molar-refractivity contribution is 0.626. The van der Waals surface area contributed by atoms with Crippen molar-refractivity contribution in [1.29, 1.82) is 0 Å².